The van der Waals surface area contributed by atoms with Crippen LogP contribution in [-0.2, 0) is 6.54 Å². The Morgan fingerprint density at radius 3 is 2.70 bits per heavy atom. The summed E-state index contributed by atoms with van der Waals surface area (Å²) in [5.74, 6) is 0. The highest BCUT2D eigenvalue weighted by atomic mass is 16.3. The SMILES string of the molecule is CC(C)N(CCO)C1CCCN(Cc2ccccc2)C1. The van der Waals surface area contributed by atoms with Gasteiger partial charge in [-0.3, -0.25) is 9.80 Å². The molecule has 1 aromatic rings. The van der Waals surface area contributed by atoms with Gasteiger partial charge in [-0.1, -0.05) is 30.3 Å². The van der Waals surface area contributed by atoms with E-state index < -0.39 is 0 Å². The van der Waals surface area contributed by atoms with Gasteiger partial charge in [-0.2, -0.15) is 0 Å². The lowest BCUT2D eigenvalue weighted by molar-refractivity contribution is 0.0575. The number of benzene rings is 1. The van der Waals surface area contributed by atoms with Crippen molar-refractivity contribution >= 4 is 0 Å². The standard InChI is InChI=1S/C17H28N2O/c1-15(2)19(11-12-20)17-9-6-10-18(14-17)13-16-7-4-3-5-8-16/h3-5,7-8,15,17,20H,6,9-14H2,1-2H3. The number of likely N-dealkylation sites (tertiary alicyclic amines) is 1. The largest absolute Gasteiger partial charge is 0.395 e. The third-order valence-electron chi connectivity index (χ3n) is 4.22. The van der Waals surface area contributed by atoms with E-state index in [0.29, 0.717) is 12.1 Å². The number of aliphatic hydroxyl groups excluding tert-OH is 1. The predicted molar refractivity (Wildman–Crippen MR) is 83.7 cm³/mol. The molecule has 1 aliphatic heterocycles. The quantitative estimate of drug-likeness (QED) is 0.864. The van der Waals surface area contributed by atoms with Crippen LogP contribution in [0.4, 0.5) is 0 Å². The molecule has 0 radical (unpaired) electrons. The summed E-state index contributed by atoms with van der Waals surface area (Å²) in [6.07, 6.45) is 2.51. The van der Waals surface area contributed by atoms with Gasteiger partial charge in [-0.15, -0.1) is 0 Å². The van der Waals surface area contributed by atoms with Crippen molar-refractivity contribution in [1.29, 1.82) is 0 Å². The fourth-order valence-electron chi connectivity index (χ4n) is 3.26. The maximum atomic E-state index is 9.26. The molecule has 0 aromatic heterocycles. The summed E-state index contributed by atoms with van der Waals surface area (Å²) >= 11 is 0. The van der Waals surface area contributed by atoms with Gasteiger partial charge in [0.05, 0.1) is 6.61 Å². The van der Waals surface area contributed by atoms with Gasteiger partial charge < -0.3 is 5.11 Å². The summed E-state index contributed by atoms with van der Waals surface area (Å²) in [5, 5.41) is 9.26. The minimum absolute atomic E-state index is 0.257. The molecule has 1 N–H and O–H groups in total. The van der Waals surface area contributed by atoms with E-state index in [1.165, 1.54) is 24.9 Å². The summed E-state index contributed by atoms with van der Waals surface area (Å²) in [6, 6.07) is 11.8. The molecule has 0 saturated carbocycles. The molecule has 112 valence electrons. The van der Waals surface area contributed by atoms with Crippen LogP contribution < -0.4 is 0 Å². The molecule has 1 aliphatic rings. The first-order valence-corrected chi connectivity index (χ1v) is 7.83. The highest BCUT2D eigenvalue weighted by Gasteiger charge is 2.26. The van der Waals surface area contributed by atoms with Crippen molar-refractivity contribution in [2.45, 2.75) is 45.3 Å². The molecule has 20 heavy (non-hydrogen) atoms. The van der Waals surface area contributed by atoms with Gasteiger partial charge in [0, 0.05) is 31.7 Å². The topological polar surface area (TPSA) is 26.7 Å². The Hall–Kier alpha value is -0.900. The lowest BCUT2D eigenvalue weighted by Gasteiger charge is -2.41. The van der Waals surface area contributed by atoms with Crippen LogP contribution in [0, 0.1) is 0 Å². The van der Waals surface area contributed by atoms with E-state index in [2.05, 4.69) is 54.0 Å². The van der Waals surface area contributed by atoms with Crippen LogP contribution in [0.25, 0.3) is 0 Å². The first kappa shape index (κ1) is 15.5. The molecule has 1 unspecified atom stereocenters. The number of aliphatic hydroxyl groups is 1. The second-order valence-electron chi connectivity index (χ2n) is 6.07. The number of nitrogens with zero attached hydrogens (tertiary/aromatic N) is 2. The number of hydrogen-bond acceptors (Lipinski definition) is 3. The van der Waals surface area contributed by atoms with E-state index >= 15 is 0 Å². The molecule has 0 bridgehead atoms. The van der Waals surface area contributed by atoms with E-state index in [-0.39, 0.29) is 6.61 Å². The van der Waals surface area contributed by atoms with Gasteiger partial charge in [0.25, 0.3) is 0 Å². The Morgan fingerprint density at radius 1 is 1.30 bits per heavy atom. The van der Waals surface area contributed by atoms with Crippen LogP contribution in [0.3, 0.4) is 0 Å². The minimum Gasteiger partial charge on any atom is -0.395 e. The molecule has 3 nitrogen and oxygen atoms in total. The molecule has 1 fully saturated rings. The third kappa shape index (κ3) is 4.30. The second kappa shape index (κ2) is 7.77. The van der Waals surface area contributed by atoms with Crippen molar-refractivity contribution < 1.29 is 5.11 Å². The maximum Gasteiger partial charge on any atom is 0.0558 e. The lowest BCUT2D eigenvalue weighted by atomic mass is 10.0. The van der Waals surface area contributed by atoms with Crippen molar-refractivity contribution in [3.05, 3.63) is 35.9 Å². The van der Waals surface area contributed by atoms with Crippen LogP contribution in [-0.4, -0.2) is 53.2 Å². The van der Waals surface area contributed by atoms with Gasteiger partial charge in [-0.25, -0.2) is 0 Å². The van der Waals surface area contributed by atoms with E-state index in [4.69, 9.17) is 0 Å². The van der Waals surface area contributed by atoms with Crippen LogP contribution in [0.5, 0.6) is 0 Å². The summed E-state index contributed by atoms with van der Waals surface area (Å²) in [4.78, 5) is 5.01. The van der Waals surface area contributed by atoms with Crippen LogP contribution in [0.15, 0.2) is 30.3 Å². The second-order valence-corrected chi connectivity index (χ2v) is 6.07. The molecule has 1 aromatic carbocycles. The predicted octanol–water partition coefficient (Wildman–Crippen LogP) is 2.35. The smallest absolute Gasteiger partial charge is 0.0558 e. The average Bonchev–Trinajstić information content (AvgIpc) is 2.46. The first-order chi connectivity index (χ1) is 9.70. The van der Waals surface area contributed by atoms with E-state index in [1.54, 1.807) is 0 Å². The minimum atomic E-state index is 0.257. The molecule has 1 heterocycles. The zero-order valence-corrected chi connectivity index (χ0v) is 12.8. The van der Waals surface area contributed by atoms with Gasteiger partial charge in [0.15, 0.2) is 0 Å². The van der Waals surface area contributed by atoms with Crippen LogP contribution in [0.1, 0.15) is 32.3 Å². The van der Waals surface area contributed by atoms with Crippen LogP contribution >= 0.6 is 0 Å². The van der Waals surface area contributed by atoms with Gasteiger partial charge in [0.2, 0.25) is 0 Å². The molecular formula is C17H28N2O. The third-order valence-corrected chi connectivity index (χ3v) is 4.22. The molecule has 3 heteroatoms. The van der Waals surface area contributed by atoms with Crippen molar-refractivity contribution in [3.63, 3.8) is 0 Å². The fourth-order valence-corrected chi connectivity index (χ4v) is 3.26. The molecule has 0 aliphatic carbocycles. The Labute approximate surface area is 123 Å². The molecule has 1 atom stereocenters. The van der Waals surface area contributed by atoms with Gasteiger partial charge in [0.1, 0.15) is 0 Å². The normalized spacial score (nSPS) is 20.8. The highest BCUT2D eigenvalue weighted by molar-refractivity contribution is 5.14. The summed E-state index contributed by atoms with van der Waals surface area (Å²) in [7, 11) is 0. The van der Waals surface area contributed by atoms with Crippen LogP contribution in [0.2, 0.25) is 0 Å². The first-order valence-electron chi connectivity index (χ1n) is 7.83. The van der Waals surface area contributed by atoms with Crippen molar-refractivity contribution in [1.82, 2.24) is 9.80 Å². The zero-order chi connectivity index (χ0) is 14.4. The molecule has 0 spiro atoms. The fraction of sp³-hybridized carbons (Fsp3) is 0.647. The van der Waals surface area contributed by atoms with E-state index in [0.717, 1.165) is 19.6 Å². The van der Waals surface area contributed by atoms with E-state index in [1.807, 2.05) is 0 Å². The summed E-state index contributed by atoms with van der Waals surface area (Å²) in [6.45, 7) is 8.86. The highest BCUT2D eigenvalue weighted by Crippen LogP contribution is 2.19. The monoisotopic (exact) mass is 276 g/mol. The van der Waals surface area contributed by atoms with Crippen molar-refractivity contribution in [2.75, 3.05) is 26.2 Å². The van der Waals surface area contributed by atoms with E-state index in [9.17, 15) is 5.11 Å². The Bertz CT molecular complexity index is 380. The molecular weight excluding hydrogens is 248 g/mol. The molecule has 1 saturated heterocycles. The Kier molecular flexibility index (Phi) is 6.02. The Morgan fingerprint density at radius 2 is 2.05 bits per heavy atom. The summed E-state index contributed by atoms with van der Waals surface area (Å²) in [5.41, 5.74) is 1.39. The molecule has 0 amide bonds. The zero-order valence-electron chi connectivity index (χ0n) is 12.8. The van der Waals surface area contributed by atoms with Crippen molar-refractivity contribution in [3.8, 4) is 0 Å². The lowest BCUT2D eigenvalue weighted by Crippen LogP contribution is -2.51. The average molecular weight is 276 g/mol. The number of hydrogen-bond donors (Lipinski definition) is 1. The Balaban J connectivity index is 1.93. The molecule has 2 rings (SSSR count). The number of rotatable bonds is 6. The van der Waals surface area contributed by atoms with Gasteiger partial charge >= 0.3 is 0 Å². The maximum absolute atomic E-state index is 9.26. The number of piperidine rings is 1. The van der Waals surface area contributed by atoms with Crippen molar-refractivity contribution in [2.24, 2.45) is 0 Å². The summed E-state index contributed by atoms with van der Waals surface area (Å²) < 4.78 is 0. The van der Waals surface area contributed by atoms with Gasteiger partial charge in [-0.05, 0) is 38.8 Å².